The number of alkyl carbamates (subject to hydrolysis) is 1. The molecule has 2 amide bonds. The number of carbonyl (C=O) groups excluding carboxylic acids is 2. The summed E-state index contributed by atoms with van der Waals surface area (Å²) in [4.78, 5) is 35.1. The number of benzene rings is 2. The van der Waals surface area contributed by atoms with Crippen molar-refractivity contribution in [2.45, 2.75) is 24.8 Å². The van der Waals surface area contributed by atoms with Gasteiger partial charge in [0.05, 0.1) is 5.92 Å². The Morgan fingerprint density at radius 2 is 1.62 bits per heavy atom. The Morgan fingerprint density at radius 3 is 2.16 bits per heavy atom. The number of fused-ring (bicyclic) bond motifs is 3. The number of aliphatic carboxylic acids is 1. The first-order valence-corrected chi connectivity index (χ1v) is 10.2. The third-order valence-corrected chi connectivity index (χ3v) is 6.04. The maximum atomic E-state index is 13.4. The molecule has 2 aromatic rings. The molecule has 0 bridgehead atoms. The summed E-state index contributed by atoms with van der Waals surface area (Å²) >= 11 is 0. The van der Waals surface area contributed by atoms with E-state index in [1.165, 1.54) is 6.92 Å². The Bertz CT molecular complexity index is 1030. The largest absolute Gasteiger partial charge is 0.481 e. The molecule has 2 aliphatic carbocycles. The van der Waals surface area contributed by atoms with Crippen LogP contribution in [0.4, 0.5) is 13.6 Å². The number of carboxylic acids is 1. The van der Waals surface area contributed by atoms with E-state index >= 15 is 0 Å². The zero-order chi connectivity index (χ0) is 23.0. The molecule has 3 atom stereocenters. The zero-order valence-corrected chi connectivity index (χ0v) is 17.2. The third-order valence-electron chi connectivity index (χ3n) is 6.04. The van der Waals surface area contributed by atoms with Gasteiger partial charge in [-0.15, -0.1) is 0 Å². The van der Waals surface area contributed by atoms with Gasteiger partial charge in [0.15, 0.2) is 0 Å². The van der Waals surface area contributed by atoms with Crippen molar-refractivity contribution in [2.75, 3.05) is 13.2 Å². The van der Waals surface area contributed by atoms with Crippen molar-refractivity contribution >= 4 is 18.0 Å². The molecule has 2 aromatic carbocycles. The number of hydrogen-bond acceptors (Lipinski definition) is 4. The molecule has 0 heterocycles. The van der Waals surface area contributed by atoms with E-state index in [1.807, 2.05) is 48.5 Å². The fourth-order valence-corrected chi connectivity index (χ4v) is 4.23. The summed E-state index contributed by atoms with van der Waals surface area (Å²) in [7, 11) is 0. The lowest BCUT2D eigenvalue weighted by molar-refractivity contribution is -0.141. The molecule has 168 valence electrons. The quantitative estimate of drug-likeness (QED) is 0.609. The summed E-state index contributed by atoms with van der Waals surface area (Å²) in [6.07, 6.45) is -0.810. The molecule has 0 saturated heterocycles. The summed E-state index contributed by atoms with van der Waals surface area (Å²) in [6.45, 7) is 0.971. The number of carbonyl (C=O) groups is 3. The predicted octanol–water partition coefficient (Wildman–Crippen LogP) is 3.00. The highest BCUT2D eigenvalue weighted by Gasteiger charge is 2.72. The van der Waals surface area contributed by atoms with Crippen molar-refractivity contribution in [3.63, 3.8) is 0 Å². The van der Waals surface area contributed by atoms with Crippen LogP contribution in [0.3, 0.4) is 0 Å². The molecule has 4 rings (SSSR count). The van der Waals surface area contributed by atoms with Crippen LogP contribution in [-0.2, 0) is 14.3 Å². The van der Waals surface area contributed by atoms with Gasteiger partial charge < -0.3 is 20.5 Å². The minimum absolute atomic E-state index is 0.0722. The lowest BCUT2D eigenvalue weighted by atomic mass is 9.98. The smallest absolute Gasteiger partial charge is 0.407 e. The van der Waals surface area contributed by atoms with Gasteiger partial charge in [-0.2, -0.15) is 0 Å². The number of hydrogen-bond donors (Lipinski definition) is 3. The second-order valence-corrected chi connectivity index (χ2v) is 8.03. The van der Waals surface area contributed by atoms with Gasteiger partial charge in [0, 0.05) is 12.5 Å². The van der Waals surface area contributed by atoms with Crippen LogP contribution in [0.2, 0.25) is 0 Å². The van der Waals surface area contributed by atoms with Crippen molar-refractivity contribution in [3.05, 3.63) is 59.7 Å². The first-order chi connectivity index (χ1) is 15.2. The Labute approximate surface area is 182 Å². The maximum absolute atomic E-state index is 13.4. The van der Waals surface area contributed by atoms with Gasteiger partial charge >= 0.3 is 12.1 Å². The summed E-state index contributed by atoms with van der Waals surface area (Å²) in [5.74, 6) is -9.03. The number of ether oxygens (including phenoxy) is 1. The highest BCUT2D eigenvalue weighted by molar-refractivity contribution is 5.85. The van der Waals surface area contributed by atoms with Crippen molar-refractivity contribution in [1.29, 1.82) is 0 Å². The Morgan fingerprint density at radius 1 is 1.06 bits per heavy atom. The van der Waals surface area contributed by atoms with Crippen molar-refractivity contribution in [2.24, 2.45) is 11.8 Å². The first kappa shape index (κ1) is 21.7. The monoisotopic (exact) mass is 444 g/mol. The molecule has 7 nitrogen and oxygen atoms in total. The Hall–Kier alpha value is -3.49. The van der Waals surface area contributed by atoms with Gasteiger partial charge in [0.2, 0.25) is 5.91 Å². The number of amides is 2. The van der Waals surface area contributed by atoms with Crippen molar-refractivity contribution in [3.8, 4) is 11.1 Å². The van der Waals surface area contributed by atoms with Crippen LogP contribution in [0.5, 0.6) is 0 Å². The van der Waals surface area contributed by atoms with Gasteiger partial charge in [0.1, 0.15) is 18.6 Å². The topological polar surface area (TPSA) is 105 Å². The highest BCUT2D eigenvalue weighted by Crippen LogP contribution is 2.54. The zero-order valence-electron chi connectivity index (χ0n) is 17.2. The van der Waals surface area contributed by atoms with E-state index in [4.69, 9.17) is 9.84 Å². The Kier molecular flexibility index (Phi) is 5.58. The van der Waals surface area contributed by atoms with E-state index in [1.54, 1.807) is 0 Å². The van der Waals surface area contributed by atoms with Crippen LogP contribution in [-0.4, -0.2) is 48.2 Å². The lowest BCUT2D eigenvalue weighted by Gasteiger charge is -2.17. The van der Waals surface area contributed by atoms with Crippen LogP contribution < -0.4 is 10.6 Å². The fourth-order valence-electron chi connectivity index (χ4n) is 4.23. The molecule has 2 aliphatic rings. The fraction of sp³-hybridized carbons (Fsp3) is 0.348. The minimum Gasteiger partial charge on any atom is -0.481 e. The number of nitrogens with one attached hydrogen (secondary N) is 2. The molecule has 3 N–H and O–H groups in total. The number of rotatable bonds is 7. The van der Waals surface area contributed by atoms with Gasteiger partial charge in [-0.1, -0.05) is 48.5 Å². The molecule has 0 spiro atoms. The van der Waals surface area contributed by atoms with Crippen LogP contribution in [0.1, 0.15) is 24.0 Å². The third kappa shape index (κ3) is 3.90. The molecule has 1 saturated carbocycles. The average Bonchev–Trinajstić information content (AvgIpc) is 3.17. The summed E-state index contributed by atoms with van der Waals surface area (Å²) in [5, 5.41) is 13.4. The molecule has 0 aromatic heterocycles. The summed E-state index contributed by atoms with van der Waals surface area (Å²) in [6, 6.07) is 14.7. The van der Waals surface area contributed by atoms with Gasteiger partial charge in [-0.3, -0.25) is 9.59 Å². The van der Waals surface area contributed by atoms with E-state index in [9.17, 15) is 23.2 Å². The van der Waals surface area contributed by atoms with Crippen molar-refractivity contribution < 1.29 is 33.0 Å². The van der Waals surface area contributed by atoms with Crippen LogP contribution in [0.15, 0.2) is 48.5 Å². The van der Waals surface area contributed by atoms with Gasteiger partial charge in [-0.05, 0) is 29.2 Å². The number of alkyl halides is 2. The van der Waals surface area contributed by atoms with Crippen LogP contribution in [0, 0.1) is 11.8 Å². The maximum Gasteiger partial charge on any atom is 0.407 e. The van der Waals surface area contributed by atoms with Crippen LogP contribution >= 0.6 is 0 Å². The van der Waals surface area contributed by atoms with Gasteiger partial charge in [-0.25, -0.2) is 13.6 Å². The minimum atomic E-state index is -3.34. The standard InChI is InChI=1S/C23H22F2N2O5/c1-12(20(28)26-10-18-19(21(29)30)23(18,24)25)27-22(31)32-11-17-15-8-4-2-6-13(15)14-7-3-5-9-16(14)17/h2-9,12,17-19H,10-11H2,1H3,(H,26,28)(H,27,31)(H,29,30). The molecule has 1 fully saturated rings. The second kappa shape index (κ2) is 8.22. The first-order valence-electron chi connectivity index (χ1n) is 10.2. The highest BCUT2D eigenvalue weighted by atomic mass is 19.3. The predicted molar refractivity (Wildman–Crippen MR) is 110 cm³/mol. The number of halogens is 2. The second-order valence-electron chi connectivity index (χ2n) is 8.03. The normalized spacial score (nSPS) is 21.1. The Balaban J connectivity index is 1.29. The molecular weight excluding hydrogens is 422 g/mol. The average molecular weight is 444 g/mol. The molecule has 9 heteroatoms. The summed E-state index contributed by atoms with van der Waals surface area (Å²) in [5.41, 5.74) is 4.26. The molecule has 3 unspecified atom stereocenters. The van der Waals surface area contributed by atoms with Crippen LogP contribution in [0.25, 0.3) is 11.1 Å². The molecule has 0 aliphatic heterocycles. The van der Waals surface area contributed by atoms with Crippen molar-refractivity contribution in [1.82, 2.24) is 10.6 Å². The molecular formula is C23H22F2N2O5. The van der Waals surface area contributed by atoms with E-state index in [0.29, 0.717) is 0 Å². The molecule has 32 heavy (non-hydrogen) atoms. The van der Waals surface area contributed by atoms with E-state index in [-0.39, 0.29) is 12.5 Å². The van der Waals surface area contributed by atoms with E-state index in [0.717, 1.165) is 22.3 Å². The summed E-state index contributed by atoms with van der Waals surface area (Å²) < 4.78 is 32.2. The lowest BCUT2D eigenvalue weighted by Crippen LogP contribution is -2.46. The van der Waals surface area contributed by atoms with E-state index in [2.05, 4.69) is 10.6 Å². The molecule has 0 radical (unpaired) electrons. The SMILES string of the molecule is CC(NC(=O)OCC1c2ccccc2-c2ccccc21)C(=O)NCC1C(C(=O)O)C1(F)F. The van der Waals surface area contributed by atoms with E-state index < -0.39 is 48.3 Å². The number of carboxylic acid groups (broad SMARTS) is 1. The van der Waals surface area contributed by atoms with Gasteiger partial charge in [0.25, 0.3) is 5.92 Å².